The molecule has 3 unspecified atom stereocenters. The van der Waals surface area contributed by atoms with Crippen LogP contribution in [-0.4, -0.2) is 22.9 Å². The van der Waals surface area contributed by atoms with Crippen molar-refractivity contribution in [2.24, 2.45) is 5.92 Å². The molecule has 0 spiro atoms. The number of hydrogen-bond donors (Lipinski definition) is 1. The Balaban J connectivity index is 2.05. The average molecular weight is 221 g/mol. The van der Waals surface area contributed by atoms with E-state index in [4.69, 9.17) is 0 Å². The highest BCUT2D eigenvalue weighted by molar-refractivity contribution is 4.91. The summed E-state index contributed by atoms with van der Waals surface area (Å²) >= 11 is 0. The molecule has 2 rings (SSSR count). The minimum absolute atomic E-state index is 0.547. The highest BCUT2D eigenvalue weighted by Gasteiger charge is 2.30. The summed E-state index contributed by atoms with van der Waals surface area (Å²) in [6.45, 7) is 2.28. The van der Waals surface area contributed by atoms with Crippen LogP contribution in [0.3, 0.4) is 0 Å². The lowest BCUT2D eigenvalue weighted by Gasteiger charge is -2.36. The van der Waals surface area contributed by atoms with Gasteiger partial charge in [0.15, 0.2) is 0 Å². The van der Waals surface area contributed by atoms with Crippen molar-refractivity contribution >= 4 is 0 Å². The first-order valence-electron chi connectivity index (χ1n) is 6.51. The number of nitrogens with zero attached hydrogens (tertiary/aromatic N) is 2. The Morgan fingerprint density at radius 1 is 1.44 bits per heavy atom. The summed E-state index contributed by atoms with van der Waals surface area (Å²) in [6, 6.07) is 3.16. The Morgan fingerprint density at radius 3 is 2.94 bits per heavy atom. The summed E-state index contributed by atoms with van der Waals surface area (Å²) in [5.74, 6) is 0.892. The maximum atomic E-state index is 4.41. The number of likely N-dealkylation sites (N-methyl/N-ethyl adjacent to an activating group) is 1. The van der Waals surface area contributed by atoms with Gasteiger partial charge in [-0.3, -0.25) is 4.68 Å². The number of rotatable bonds is 4. The van der Waals surface area contributed by atoms with Crippen molar-refractivity contribution in [1.82, 2.24) is 15.1 Å². The number of hydrogen-bond acceptors (Lipinski definition) is 2. The fourth-order valence-electron chi connectivity index (χ4n) is 3.01. The van der Waals surface area contributed by atoms with Crippen LogP contribution in [0.15, 0.2) is 18.5 Å². The van der Waals surface area contributed by atoms with Gasteiger partial charge in [0.25, 0.3) is 0 Å². The standard InChI is InChI=1S/C13H23N3/c1-3-5-11-6-7-12(14-2)13(10-11)16-9-4-8-15-16/h4,8-9,11-14H,3,5-7,10H2,1-2H3. The van der Waals surface area contributed by atoms with Crippen LogP contribution in [0.5, 0.6) is 0 Å². The van der Waals surface area contributed by atoms with Gasteiger partial charge in [-0.25, -0.2) is 0 Å². The summed E-state index contributed by atoms with van der Waals surface area (Å²) in [7, 11) is 2.07. The first kappa shape index (κ1) is 11.6. The smallest absolute Gasteiger partial charge is 0.0674 e. The molecular weight excluding hydrogens is 198 g/mol. The third-order valence-corrected chi connectivity index (χ3v) is 3.86. The maximum absolute atomic E-state index is 4.41. The molecule has 1 heterocycles. The van der Waals surface area contributed by atoms with Gasteiger partial charge in [0.1, 0.15) is 0 Å². The second kappa shape index (κ2) is 5.48. The molecule has 3 heteroatoms. The molecule has 1 aliphatic rings. The molecule has 1 fully saturated rings. The monoisotopic (exact) mass is 221 g/mol. The second-order valence-corrected chi connectivity index (χ2v) is 4.92. The highest BCUT2D eigenvalue weighted by Crippen LogP contribution is 2.34. The molecule has 0 aromatic carbocycles. The second-order valence-electron chi connectivity index (χ2n) is 4.92. The Morgan fingerprint density at radius 2 is 2.31 bits per heavy atom. The molecule has 3 nitrogen and oxygen atoms in total. The van der Waals surface area contributed by atoms with Crippen LogP contribution in [0.4, 0.5) is 0 Å². The molecule has 1 aromatic heterocycles. The molecule has 1 saturated carbocycles. The van der Waals surface area contributed by atoms with Gasteiger partial charge in [0.05, 0.1) is 6.04 Å². The molecule has 1 N–H and O–H groups in total. The van der Waals surface area contributed by atoms with E-state index in [-0.39, 0.29) is 0 Å². The van der Waals surface area contributed by atoms with Crippen molar-refractivity contribution in [3.8, 4) is 0 Å². The summed E-state index contributed by atoms with van der Waals surface area (Å²) in [5, 5.41) is 7.85. The molecule has 0 aliphatic heterocycles. The van der Waals surface area contributed by atoms with E-state index in [1.54, 1.807) is 0 Å². The lowest BCUT2D eigenvalue weighted by Crippen LogP contribution is -2.40. The fraction of sp³-hybridized carbons (Fsp3) is 0.769. The number of aromatic nitrogens is 2. The highest BCUT2D eigenvalue weighted by atomic mass is 15.3. The van der Waals surface area contributed by atoms with Gasteiger partial charge < -0.3 is 5.32 Å². The van der Waals surface area contributed by atoms with E-state index in [0.717, 1.165) is 5.92 Å². The SMILES string of the molecule is CCCC1CCC(NC)C(n2cccn2)C1. The first-order chi connectivity index (χ1) is 7.85. The third-order valence-electron chi connectivity index (χ3n) is 3.86. The van der Waals surface area contributed by atoms with Gasteiger partial charge in [-0.1, -0.05) is 19.8 Å². The van der Waals surface area contributed by atoms with Crippen LogP contribution in [0.25, 0.3) is 0 Å². The van der Waals surface area contributed by atoms with Gasteiger partial charge >= 0.3 is 0 Å². The Labute approximate surface area is 98.2 Å². The topological polar surface area (TPSA) is 29.9 Å². The van der Waals surface area contributed by atoms with Crippen LogP contribution in [0.1, 0.15) is 45.1 Å². The minimum atomic E-state index is 0.547. The molecule has 0 amide bonds. The van der Waals surface area contributed by atoms with Crippen LogP contribution < -0.4 is 5.32 Å². The summed E-state index contributed by atoms with van der Waals surface area (Å²) in [6.07, 6.45) is 10.6. The quantitative estimate of drug-likeness (QED) is 0.847. The van der Waals surface area contributed by atoms with Crippen molar-refractivity contribution in [3.05, 3.63) is 18.5 Å². The van der Waals surface area contributed by atoms with E-state index in [2.05, 4.69) is 35.3 Å². The molecule has 0 bridgehead atoms. The molecule has 3 atom stereocenters. The van der Waals surface area contributed by atoms with Crippen LogP contribution in [0.2, 0.25) is 0 Å². The molecule has 0 radical (unpaired) electrons. The zero-order chi connectivity index (χ0) is 11.4. The molecule has 1 aromatic rings. The van der Waals surface area contributed by atoms with Crippen molar-refractivity contribution in [3.63, 3.8) is 0 Å². The molecular formula is C13H23N3. The molecule has 90 valence electrons. The zero-order valence-electron chi connectivity index (χ0n) is 10.4. The predicted molar refractivity (Wildman–Crippen MR) is 66.4 cm³/mol. The molecule has 1 aliphatic carbocycles. The van der Waals surface area contributed by atoms with Gasteiger partial charge in [-0.15, -0.1) is 0 Å². The predicted octanol–water partition coefficient (Wildman–Crippen LogP) is 2.61. The average Bonchev–Trinajstić information content (AvgIpc) is 2.83. The molecule has 0 saturated heterocycles. The Hall–Kier alpha value is -0.830. The van der Waals surface area contributed by atoms with Gasteiger partial charge in [-0.05, 0) is 38.3 Å². The summed E-state index contributed by atoms with van der Waals surface area (Å²) in [4.78, 5) is 0. The fourth-order valence-corrected chi connectivity index (χ4v) is 3.01. The normalized spacial score (nSPS) is 30.5. The van der Waals surface area contributed by atoms with E-state index >= 15 is 0 Å². The van der Waals surface area contributed by atoms with Crippen LogP contribution in [-0.2, 0) is 0 Å². The number of nitrogens with one attached hydrogen (secondary N) is 1. The van der Waals surface area contributed by atoms with Crippen LogP contribution in [0, 0.1) is 5.92 Å². The van der Waals surface area contributed by atoms with Gasteiger partial charge in [0, 0.05) is 18.4 Å². The Bertz CT molecular complexity index is 294. The zero-order valence-corrected chi connectivity index (χ0v) is 10.4. The molecule has 16 heavy (non-hydrogen) atoms. The van der Waals surface area contributed by atoms with E-state index in [1.165, 1.54) is 32.1 Å². The maximum Gasteiger partial charge on any atom is 0.0674 e. The largest absolute Gasteiger partial charge is 0.315 e. The van der Waals surface area contributed by atoms with Crippen molar-refractivity contribution in [1.29, 1.82) is 0 Å². The van der Waals surface area contributed by atoms with E-state index < -0.39 is 0 Å². The van der Waals surface area contributed by atoms with E-state index in [0.29, 0.717) is 12.1 Å². The summed E-state index contributed by atoms with van der Waals surface area (Å²) < 4.78 is 2.14. The van der Waals surface area contributed by atoms with Crippen molar-refractivity contribution < 1.29 is 0 Å². The lowest BCUT2D eigenvalue weighted by molar-refractivity contribution is 0.193. The van der Waals surface area contributed by atoms with Crippen molar-refractivity contribution in [2.75, 3.05) is 7.05 Å². The Kier molecular flexibility index (Phi) is 3.99. The summed E-state index contributed by atoms with van der Waals surface area (Å²) in [5.41, 5.74) is 0. The lowest BCUT2D eigenvalue weighted by atomic mass is 9.80. The first-order valence-corrected chi connectivity index (χ1v) is 6.51. The third kappa shape index (κ3) is 2.46. The van der Waals surface area contributed by atoms with E-state index in [1.807, 2.05) is 12.3 Å². The van der Waals surface area contributed by atoms with Crippen molar-refractivity contribution in [2.45, 2.75) is 51.1 Å². The minimum Gasteiger partial charge on any atom is -0.315 e. The van der Waals surface area contributed by atoms with E-state index in [9.17, 15) is 0 Å². The van der Waals surface area contributed by atoms with Crippen LogP contribution >= 0.6 is 0 Å². The van der Waals surface area contributed by atoms with Gasteiger partial charge in [-0.2, -0.15) is 5.10 Å². The van der Waals surface area contributed by atoms with Gasteiger partial charge in [0.2, 0.25) is 0 Å².